The predicted molar refractivity (Wildman–Crippen MR) is 130 cm³/mol. The van der Waals surface area contributed by atoms with Crippen LogP contribution in [0.2, 0.25) is 16.6 Å². The Balaban J connectivity index is 3.33. The van der Waals surface area contributed by atoms with Crippen molar-refractivity contribution in [1.82, 2.24) is 0 Å². The molecule has 0 amide bonds. The van der Waals surface area contributed by atoms with Crippen molar-refractivity contribution >= 4 is 40.2 Å². The van der Waals surface area contributed by atoms with Crippen molar-refractivity contribution in [1.29, 1.82) is 0 Å². The second-order valence-corrected chi connectivity index (χ2v) is 18.2. The van der Waals surface area contributed by atoms with Gasteiger partial charge in [0.05, 0.1) is 28.7 Å². The molecule has 1 rings (SSSR count). The van der Waals surface area contributed by atoms with Crippen LogP contribution in [0.15, 0.2) is 0 Å². The molecule has 28 heavy (non-hydrogen) atoms. The highest BCUT2D eigenvalue weighted by atomic mass is 79.9. The highest BCUT2D eigenvalue weighted by Gasteiger charge is 2.58. The monoisotopic (exact) mass is 542 g/mol. The molecule has 0 bridgehead atoms. The Morgan fingerprint density at radius 2 is 1.50 bits per heavy atom. The van der Waals surface area contributed by atoms with Gasteiger partial charge in [-0.05, 0) is 50.2 Å². The van der Waals surface area contributed by atoms with Crippen LogP contribution in [0, 0.1) is 5.92 Å². The fourth-order valence-corrected chi connectivity index (χ4v) is 12.3. The Kier molecular flexibility index (Phi) is 10.2. The van der Waals surface area contributed by atoms with E-state index in [1.165, 1.54) is 0 Å². The summed E-state index contributed by atoms with van der Waals surface area (Å²) in [6, 6.07) is 0. The molecule has 1 N–H and O–H groups in total. The summed E-state index contributed by atoms with van der Waals surface area (Å²) in [5, 5.41) is 9.97. The topological polar surface area (TPSA) is 38.7 Å². The van der Waals surface area contributed by atoms with E-state index in [0.29, 0.717) is 27.4 Å². The average Bonchev–Trinajstić information content (AvgIpc) is 2.81. The first kappa shape index (κ1) is 27.1. The van der Waals surface area contributed by atoms with E-state index in [4.69, 9.17) is 9.16 Å². The van der Waals surface area contributed by atoms with Gasteiger partial charge in [0.15, 0.2) is 0 Å². The molecule has 0 radical (unpaired) electrons. The molecule has 0 saturated heterocycles. The minimum Gasteiger partial charge on any atom is -0.411 e. The van der Waals surface area contributed by atoms with Crippen LogP contribution in [0.25, 0.3) is 0 Å². The molecule has 0 heterocycles. The van der Waals surface area contributed by atoms with Gasteiger partial charge in [-0.15, -0.1) is 0 Å². The van der Waals surface area contributed by atoms with Crippen LogP contribution in [0.5, 0.6) is 0 Å². The van der Waals surface area contributed by atoms with Crippen molar-refractivity contribution in [3.05, 3.63) is 0 Å². The van der Waals surface area contributed by atoms with Crippen molar-refractivity contribution in [2.75, 3.05) is 0 Å². The largest absolute Gasteiger partial charge is 0.411 e. The van der Waals surface area contributed by atoms with Gasteiger partial charge in [-0.3, -0.25) is 0 Å². The maximum atomic E-state index is 9.97. The minimum atomic E-state index is -2.03. The number of hydrogen-bond acceptors (Lipinski definition) is 3. The number of halogens is 2. The van der Waals surface area contributed by atoms with Gasteiger partial charge < -0.3 is 14.3 Å². The zero-order valence-corrected chi connectivity index (χ0v) is 23.8. The first-order chi connectivity index (χ1) is 12.7. The number of aliphatic hydroxyl groups excluding tert-OH is 1. The number of hydrogen-bond donors (Lipinski definition) is 1. The molecule has 1 aliphatic carbocycles. The van der Waals surface area contributed by atoms with Gasteiger partial charge in [0.25, 0.3) is 0 Å². The summed E-state index contributed by atoms with van der Waals surface area (Å²) in [6.45, 7) is 22.3. The number of aliphatic hydroxyl groups is 1. The fraction of sp³-hybridized carbons (Fsp3) is 1.00. The summed E-state index contributed by atoms with van der Waals surface area (Å²) in [4.78, 5) is 0.392. The summed E-state index contributed by atoms with van der Waals surface area (Å²) in [7, 11) is -2.03. The molecule has 3 nitrogen and oxygen atoms in total. The van der Waals surface area contributed by atoms with Crippen molar-refractivity contribution in [3.63, 3.8) is 0 Å². The van der Waals surface area contributed by atoms with Crippen LogP contribution in [0.4, 0.5) is 0 Å². The standard InChI is InChI=1S/C22H44Br2O3Si/c1-11-19(23)18-12-20(26-17(9)16(8)25)22(10,24)21(18)27-28(13(2)3,14(4)5)15(6)7/h13-21,25H,11-12H2,1-10H3/t16-,17-,18-,19-,20-,21-,22?/m1/s1. The van der Waals surface area contributed by atoms with Crippen LogP contribution in [-0.4, -0.2) is 47.0 Å². The normalized spacial score (nSPS) is 32.4. The first-order valence-electron chi connectivity index (χ1n) is 11.1. The number of alkyl halides is 2. The molecule has 0 aromatic heterocycles. The summed E-state index contributed by atoms with van der Waals surface area (Å²) >= 11 is 8.01. The van der Waals surface area contributed by atoms with E-state index < -0.39 is 14.4 Å². The van der Waals surface area contributed by atoms with Crippen LogP contribution < -0.4 is 0 Å². The SMILES string of the molecule is CC[C@@H](Br)[C@H]1C[C@@H](O[C@H](C)[C@@H](C)O)C(C)(Br)[C@@H]1O[Si](C(C)C)(C(C)C)C(C)C. The maximum absolute atomic E-state index is 9.97. The molecule has 168 valence electrons. The van der Waals surface area contributed by atoms with Gasteiger partial charge in [0.2, 0.25) is 8.32 Å². The van der Waals surface area contributed by atoms with Gasteiger partial charge in [0, 0.05) is 10.7 Å². The molecule has 0 aliphatic heterocycles. The van der Waals surface area contributed by atoms with Gasteiger partial charge in [-0.25, -0.2) is 0 Å². The van der Waals surface area contributed by atoms with E-state index in [9.17, 15) is 5.11 Å². The minimum absolute atomic E-state index is 0.0110. The molecule has 1 fully saturated rings. The Morgan fingerprint density at radius 3 is 1.86 bits per heavy atom. The molecular weight excluding hydrogens is 500 g/mol. The van der Waals surface area contributed by atoms with Crippen LogP contribution in [0.3, 0.4) is 0 Å². The quantitative estimate of drug-likeness (QED) is 0.237. The summed E-state index contributed by atoms with van der Waals surface area (Å²) in [5.74, 6) is 0.378. The molecule has 1 aliphatic rings. The highest BCUT2D eigenvalue weighted by molar-refractivity contribution is 9.10. The van der Waals surface area contributed by atoms with Crippen LogP contribution in [0.1, 0.15) is 82.1 Å². The van der Waals surface area contributed by atoms with Crippen molar-refractivity contribution < 1.29 is 14.3 Å². The molecule has 0 aromatic rings. The molecule has 1 unspecified atom stereocenters. The maximum Gasteiger partial charge on any atom is 0.200 e. The van der Waals surface area contributed by atoms with Gasteiger partial charge in [0.1, 0.15) is 0 Å². The smallest absolute Gasteiger partial charge is 0.200 e. The molecular formula is C22H44Br2O3Si. The lowest BCUT2D eigenvalue weighted by Gasteiger charge is -2.48. The molecule has 0 aromatic carbocycles. The lowest BCUT2D eigenvalue weighted by atomic mass is 9.97. The van der Waals surface area contributed by atoms with Crippen molar-refractivity contribution in [2.45, 2.75) is 132 Å². The third-order valence-corrected chi connectivity index (χ3v) is 15.4. The summed E-state index contributed by atoms with van der Waals surface area (Å²) in [5.41, 5.74) is 1.63. The average molecular weight is 544 g/mol. The second kappa shape index (κ2) is 10.6. The summed E-state index contributed by atoms with van der Waals surface area (Å²) in [6.07, 6.45) is 1.42. The van der Waals surface area contributed by atoms with E-state index in [2.05, 4.69) is 87.2 Å². The second-order valence-electron chi connectivity index (χ2n) is 9.90. The molecule has 1 saturated carbocycles. The van der Waals surface area contributed by atoms with Gasteiger partial charge in [-0.1, -0.05) is 80.3 Å². The van der Waals surface area contributed by atoms with Gasteiger partial charge >= 0.3 is 0 Å². The zero-order chi connectivity index (χ0) is 22.0. The first-order valence-corrected chi connectivity index (χ1v) is 14.9. The van der Waals surface area contributed by atoms with E-state index in [1.807, 2.05) is 6.92 Å². The Hall–Kier alpha value is 1.06. The lowest BCUT2D eigenvalue weighted by molar-refractivity contribution is -0.0700. The molecule has 7 atom stereocenters. The van der Waals surface area contributed by atoms with Gasteiger partial charge in [-0.2, -0.15) is 0 Å². The van der Waals surface area contributed by atoms with Crippen molar-refractivity contribution in [2.24, 2.45) is 5.92 Å². The number of rotatable bonds is 10. The molecule has 0 spiro atoms. The number of ether oxygens (including phenoxy) is 1. The van der Waals surface area contributed by atoms with Crippen LogP contribution >= 0.6 is 31.9 Å². The highest BCUT2D eigenvalue weighted by Crippen LogP contribution is 2.53. The predicted octanol–water partition coefficient (Wildman–Crippen LogP) is 7.05. The van der Waals surface area contributed by atoms with E-state index in [0.717, 1.165) is 12.8 Å². The molecule has 6 heteroatoms. The third-order valence-electron chi connectivity index (χ3n) is 7.01. The Morgan fingerprint density at radius 1 is 1.04 bits per heavy atom. The lowest BCUT2D eigenvalue weighted by Crippen LogP contribution is -2.56. The van der Waals surface area contributed by atoms with E-state index >= 15 is 0 Å². The van der Waals surface area contributed by atoms with Crippen molar-refractivity contribution in [3.8, 4) is 0 Å². The van der Waals surface area contributed by atoms with Crippen LogP contribution in [-0.2, 0) is 9.16 Å². The fourth-order valence-electron chi connectivity index (χ4n) is 5.24. The summed E-state index contributed by atoms with van der Waals surface area (Å²) < 4.78 is 13.4. The zero-order valence-electron chi connectivity index (χ0n) is 19.6. The third kappa shape index (κ3) is 5.45. The Labute approximate surface area is 192 Å². The van der Waals surface area contributed by atoms with E-state index in [-0.39, 0.29) is 22.6 Å². The van der Waals surface area contributed by atoms with E-state index in [1.54, 1.807) is 6.92 Å². The Bertz CT molecular complexity index is 461.